The predicted octanol–water partition coefficient (Wildman–Crippen LogP) is 2.27. The molecule has 0 spiro atoms. The first-order valence-electron chi connectivity index (χ1n) is 4.50. The number of para-hydroxylation sites is 1. The van der Waals surface area contributed by atoms with Crippen LogP contribution in [0.2, 0.25) is 0 Å². The van der Waals surface area contributed by atoms with E-state index < -0.39 is 0 Å². The number of benzene rings is 1. The zero-order chi connectivity index (χ0) is 10.7. The lowest BCUT2D eigenvalue weighted by Crippen LogP contribution is -1.91. The van der Waals surface area contributed by atoms with Crippen molar-refractivity contribution in [2.45, 2.75) is 0 Å². The van der Waals surface area contributed by atoms with Gasteiger partial charge in [-0.3, -0.25) is 4.98 Å². The Morgan fingerprint density at radius 2 is 1.87 bits per heavy atom. The highest BCUT2D eigenvalue weighted by atomic mass is 27.1. The van der Waals surface area contributed by atoms with Crippen molar-refractivity contribution >= 4 is 16.6 Å². The van der Waals surface area contributed by atoms with Crippen LogP contribution in [0.15, 0.2) is 42.5 Å². The summed E-state index contributed by atoms with van der Waals surface area (Å²) in [6.07, 6.45) is 0. The normalized spacial score (nSPS) is 9.93. The van der Waals surface area contributed by atoms with Gasteiger partial charge in [-0.2, -0.15) is 0 Å². The van der Waals surface area contributed by atoms with Crippen molar-refractivity contribution in [1.29, 1.82) is 0 Å². The van der Waals surface area contributed by atoms with Crippen LogP contribution in [-0.4, -0.2) is 21.6 Å². The third-order valence-corrected chi connectivity index (χ3v) is 2.31. The van der Waals surface area contributed by atoms with Crippen molar-refractivity contribution < 1.29 is 3.79 Å². The van der Waals surface area contributed by atoms with Crippen molar-refractivity contribution in [3.63, 3.8) is 0 Å². The molecule has 2 aromatic rings. The molecule has 2 nitrogen and oxygen atoms in total. The van der Waals surface area contributed by atoms with E-state index in [9.17, 15) is 0 Å². The van der Waals surface area contributed by atoms with Crippen molar-refractivity contribution in [1.82, 2.24) is 4.98 Å². The zero-order valence-electron chi connectivity index (χ0n) is 8.05. The average Bonchev–Trinajstić information content (AvgIpc) is 2.29. The predicted molar refractivity (Wildman–Crippen MR) is 59.5 cm³/mol. The van der Waals surface area contributed by atoms with Crippen LogP contribution in [0.3, 0.4) is 0 Å². The van der Waals surface area contributed by atoms with E-state index in [2.05, 4.69) is 21.6 Å². The monoisotopic (exact) mass is 209 g/mol. The Labute approximate surface area is 97.7 Å². The molecule has 0 aliphatic rings. The molecule has 1 aromatic carbocycles. The van der Waals surface area contributed by atoms with Gasteiger partial charge in [-0.1, -0.05) is 18.2 Å². The van der Waals surface area contributed by atoms with Gasteiger partial charge in [-0.25, -0.2) is 0 Å². The van der Waals surface area contributed by atoms with Gasteiger partial charge in [0.1, 0.15) is 0 Å². The second-order valence-corrected chi connectivity index (χ2v) is 3.30. The summed E-state index contributed by atoms with van der Waals surface area (Å²) in [5.74, 6) is 0.764. The van der Waals surface area contributed by atoms with Gasteiger partial charge in [-0.05, 0) is 24.3 Å². The highest BCUT2D eigenvalue weighted by Gasteiger charge is 2.04. The van der Waals surface area contributed by atoms with Crippen molar-refractivity contribution in [2.24, 2.45) is 0 Å². The lowest BCUT2D eigenvalue weighted by molar-refractivity contribution is 0.618. The Morgan fingerprint density at radius 3 is 2.60 bits per heavy atom. The maximum absolute atomic E-state index is 5.63. The third-order valence-electron chi connectivity index (χ3n) is 2.06. The number of pyridine rings is 1. The van der Waals surface area contributed by atoms with E-state index in [4.69, 9.17) is 10.7 Å². The van der Waals surface area contributed by atoms with Crippen molar-refractivity contribution in [3.8, 4) is 17.0 Å². The van der Waals surface area contributed by atoms with E-state index in [1.807, 2.05) is 36.4 Å². The summed E-state index contributed by atoms with van der Waals surface area (Å²) >= 11 is 2.23. The fourth-order valence-electron chi connectivity index (χ4n) is 1.38. The minimum absolute atomic E-state index is 0.506. The summed E-state index contributed by atoms with van der Waals surface area (Å²) < 4.78 is 5.18. The molecular formula is C12H8AlNO. The van der Waals surface area contributed by atoms with Gasteiger partial charge in [-0.15, -0.1) is 0 Å². The molecule has 4 radical (unpaired) electrons. The molecular weight excluding hydrogens is 201 g/mol. The molecule has 0 amide bonds. The molecule has 0 unspecified atom stereocenters. The van der Waals surface area contributed by atoms with Crippen LogP contribution in [-0.2, 0) is 0 Å². The molecule has 0 bridgehead atoms. The Balaban J connectivity index is 2.53. The van der Waals surface area contributed by atoms with Crippen LogP contribution in [0, 0.1) is 6.92 Å². The maximum atomic E-state index is 5.63. The topological polar surface area (TPSA) is 22.1 Å². The molecule has 0 aliphatic heterocycles. The van der Waals surface area contributed by atoms with E-state index >= 15 is 0 Å². The molecule has 70 valence electrons. The number of hydrogen-bond acceptors (Lipinski definition) is 2. The molecule has 15 heavy (non-hydrogen) atoms. The summed E-state index contributed by atoms with van der Waals surface area (Å²) in [6.45, 7) is 5.63. The molecule has 0 N–H and O–H groups in total. The highest BCUT2D eigenvalue weighted by molar-refractivity contribution is 6.00. The molecule has 3 heteroatoms. The summed E-state index contributed by atoms with van der Waals surface area (Å²) in [4.78, 5) is 4.24. The van der Waals surface area contributed by atoms with E-state index in [1.54, 1.807) is 6.07 Å². The van der Waals surface area contributed by atoms with Crippen LogP contribution in [0.25, 0.3) is 11.3 Å². The molecule has 1 aromatic heterocycles. The average molecular weight is 209 g/mol. The van der Waals surface area contributed by atoms with Gasteiger partial charge in [0, 0.05) is 18.2 Å². The minimum Gasteiger partial charge on any atom is -0.653 e. The fraction of sp³-hybridized carbons (Fsp3) is 0. The Bertz CT molecular complexity index is 471. The number of nitrogens with zero attached hydrogens (tertiary/aromatic N) is 1. The lowest BCUT2D eigenvalue weighted by Gasteiger charge is -2.09. The largest absolute Gasteiger partial charge is 0.653 e. The Morgan fingerprint density at radius 1 is 1.07 bits per heavy atom. The number of aromatic nitrogens is 1. The molecule has 0 aliphatic carbocycles. The Hall–Kier alpha value is -1.30. The summed E-state index contributed by atoms with van der Waals surface area (Å²) in [6, 6.07) is 13.2. The van der Waals surface area contributed by atoms with Gasteiger partial charge >= 0.3 is 16.6 Å². The quantitative estimate of drug-likeness (QED) is 0.708. The van der Waals surface area contributed by atoms with Gasteiger partial charge in [0.05, 0.1) is 11.4 Å². The van der Waals surface area contributed by atoms with Crippen LogP contribution in [0.1, 0.15) is 5.69 Å². The van der Waals surface area contributed by atoms with Crippen LogP contribution in [0.5, 0.6) is 5.75 Å². The molecule has 0 fully saturated rings. The van der Waals surface area contributed by atoms with E-state index in [-0.39, 0.29) is 0 Å². The van der Waals surface area contributed by atoms with E-state index in [1.165, 1.54) is 0 Å². The first-order chi connectivity index (χ1) is 7.31. The molecule has 0 atom stereocenters. The standard InChI is InChI=1S/C12H9NO.Al/c1-9-5-4-7-11(13-9)10-6-2-3-8-12(10)14;/h1-8,14H;/q;+1/p-1. The molecule has 0 saturated carbocycles. The first kappa shape index (κ1) is 10.2. The van der Waals surface area contributed by atoms with Gasteiger partial charge in [0.2, 0.25) is 0 Å². The maximum Gasteiger partial charge on any atom is 0.482 e. The smallest absolute Gasteiger partial charge is 0.482 e. The number of rotatable bonds is 2. The third kappa shape index (κ3) is 2.20. The zero-order valence-corrected chi connectivity index (χ0v) is 9.21. The SMILES string of the molecule is [CH]c1cccc(-c2ccccc2[O][Al])n1. The Kier molecular flexibility index (Phi) is 3.06. The fourth-order valence-corrected chi connectivity index (χ4v) is 1.59. The molecule has 2 rings (SSSR count). The van der Waals surface area contributed by atoms with Gasteiger partial charge in [0.25, 0.3) is 0 Å². The lowest BCUT2D eigenvalue weighted by atomic mass is 10.1. The van der Waals surface area contributed by atoms with Gasteiger partial charge in [0.15, 0.2) is 0 Å². The summed E-state index contributed by atoms with van der Waals surface area (Å²) in [5, 5.41) is 0. The minimum atomic E-state index is 0.506. The highest BCUT2D eigenvalue weighted by Crippen LogP contribution is 2.27. The number of hydrogen-bond donors (Lipinski definition) is 0. The summed E-state index contributed by atoms with van der Waals surface area (Å²) in [5.41, 5.74) is 2.25. The molecule has 1 heterocycles. The second-order valence-electron chi connectivity index (χ2n) is 3.06. The second kappa shape index (κ2) is 4.48. The molecule has 0 saturated heterocycles. The van der Waals surface area contributed by atoms with Gasteiger partial charge < -0.3 is 3.79 Å². The van der Waals surface area contributed by atoms with Crippen molar-refractivity contribution in [2.75, 3.05) is 0 Å². The van der Waals surface area contributed by atoms with Crippen LogP contribution >= 0.6 is 0 Å². The van der Waals surface area contributed by atoms with Crippen molar-refractivity contribution in [3.05, 3.63) is 55.1 Å². The first-order valence-corrected chi connectivity index (χ1v) is 4.97. The van der Waals surface area contributed by atoms with E-state index in [0.717, 1.165) is 17.0 Å². The van der Waals surface area contributed by atoms with Crippen LogP contribution < -0.4 is 3.79 Å². The van der Waals surface area contributed by atoms with E-state index in [0.29, 0.717) is 5.69 Å². The summed E-state index contributed by atoms with van der Waals surface area (Å²) in [7, 11) is 0. The van der Waals surface area contributed by atoms with Crippen LogP contribution in [0.4, 0.5) is 0 Å².